The van der Waals surface area contributed by atoms with E-state index in [0.717, 1.165) is 17.5 Å². The molecule has 1 fully saturated rings. The molecule has 2 heterocycles. The van der Waals surface area contributed by atoms with Crippen molar-refractivity contribution < 1.29 is 32.5 Å². The van der Waals surface area contributed by atoms with Crippen LogP contribution in [0.15, 0.2) is 36.4 Å². The maximum atomic E-state index is 15.3. The zero-order valence-corrected chi connectivity index (χ0v) is 21.3. The minimum Gasteiger partial charge on any atom is -0.395 e. The molecular weight excluding hydrogens is 485 g/mol. The van der Waals surface area contributed by atoms with Gasteiger partial charge in [0.05, 0.1) is 22.7 Å². The molecule has 1 atom stereocenters. The van der Waals surface area contributed by atoms with Crippen LogP contribution in [0.1, 0.15) is 64.6 Å². The van der Waals surface area contributed by atoms with Gasteiger partial charge in [-0.15, -0.1) is 8.78 Å². The van der Waals surface area contributed by atoms with Crippen molar-refractivity contribution in [3.8, 4) is 11.5 Å². The van der Waals surface area contributed by atoms with Crippen LogP contribution in [0, 0.1) is 5.82 Å². The summed E-state index contributed by atoms with van der Waals surface area (Å²) in [5.41, 5.74) is 1.03. The zero-order chi connectivity index (χ0) is 26.8. The Labute approximate surface area is 213 Å². The highest BCUT2D eigenvalue weighted by Gasteiger charge is 2.53. The fourth-order valence-electron chi connectivity index (χ4n) is 4.92. The third kappa shape index (κ3) is 4.43. The van der Waals surface area contributed by atoms with Crippen LogP contribution < -0.4 is 14.8 Å². The van der Waals surface area contributed by atoms with E-state index in [2.05, 4.69) is 35.6 Å². The summed E-state index contributed by atoms with van der Waals surface area (Å²) in [6, 6.07) is 9.31. The van der Waals surface area contributed by atoms with Crippen molar-refractivity contribution in [3.63, 3.8) is 0 Å². The molecule has 0 unspecified atom stereocenters. The number of hydrogen-bond donors (Lipinski definition) is 2. The number of halogens is 3. The molecule has 1 aliphatic carbocycles. The Bertz CT molecular complexity index is 1380. The van der Waals surface area contributed by atoms with Gasteiger partial charge in [0.1, 0.15) is 5.82 Å². The van der Waals surface area contributed by atoms with Crippen molar-refractivity contribution in [3.05, 3.63) is 53.5 Å². The van der Waals surface area contributed by atoms with Gasteiger partial charge in [0.25, 0.3) is 0 Å². The van der Waals surface area contributed by atoms with Crippen molar-refractivity contribution >= 4 is 22.5 Å². The van der Waals surface area contributed by atoms with Gasteiger partial charge in [0, 0.05) is 29.1 Å². The summed E-state index contributed by atoms with van der Waals surface area (Å²) in [4.78, 5) is 13.3. The van der Waals surface area contributed by atoms with Gasteiger partial charge < -0.3 is 24.5 Å². The Balaban J connectivity index is 1.46. The van der Waals surface area contributed by atoms with Crippen LogP contribution >= 0.6 is 0 Å². The largest absolute Gasteiger partial charge is 0.586 e. The number of nitrogens with one attached hydrogen (secondary N) is 1. The maximum absolute atomic E-state index is 15.3. The number of carbonyl (C=O) groups is 1. The normalized spacial score (nSPS) is 18.2. The summed E-state index contributed by atoms with van der Waals surface area (Å²) in [6.07, 6.45) is -1.89. The van der Waals surface area contributed by atoms with Crippen molar-refractivity contribution in [2.24, 2.45) is 0 Å². The van der Waals surface area contributed by atoms with Crippen LogP contribution in [0.5, 0.6) is 11.5 Å². The Hall–Kier alpha value is -3.20. The number of anilines is 1. The second kappa shape index (κ2) is 8.68. The van der Waals surface area contributed by atoms with Crippen molar-refractivity contribution in [1.82, 2.24) is 4.57 Å². The maximum Gasteiger partial charge on any atom is 0.586 e. The van der Waals surface area contributed by atoms with E-state index in [1.54, 1.807) is 12.1 Å². The molecule has 198 valence electrons. The molecule has 37 heavy (non-hydrogen) atoms. The minimum absolute atomic E-state index is 0.0464. The number of carbonyl (C=O) groups excluding carboxylic acids is 1. The predicted octanol–water partition coefficient (Wildman–Crippen LogP) is 6.23. The van der Waals surface area contributed by atoms with E-state index in [4.69, 9.17) is 0 Å². The molecule has 1 saturated carbocycles. The van der Waals surface area contributed by atoms with E-state index in [1.807, 2.05) is 17.6 Å². The molecule has 6 nitrogen and oxygen atoms in total. The Morgan fingerprint density at radius 3 is 2.49 bits per heavy atom. The van der Waals surface area contributed by atoms with E-state index in [0.29, 0.717) is 36.9 Å². The molecule has 5 rings (SSSR count). The first-order valence-electron chi connectivity index (χ1n) is 12.6. The highest BCUT2D eigenvalue weighted by atomic mass is 19.3. The second-order valence-electron chi connectivity index (χ2n) is 10.7. The molecule has 1 aromatic heterocycles. The Morgan fingerprint density at radius 1 is 1.14 bits per heavy atom. The molecule has 1 aliphatic heterocycles. The monoisotopic (exact) mass is 516 g/mol. The van der Waals surface area contributed by atoms with Gasteiger partial charge in [-0.25, -0.2) is 4.39 Å². The number of fused-ring (bicyclic) bond motifs is 2. The topological polar surface area (TPSA) is 72.7 Å². The molecule has 2 aliphatic rings. The highest BCUT2D eigenvalue weighted by Crippen LogP contribution is 2.52. The van der Waals surface area contributed by atoms with Crippen LogP contribution in [0.4, 0.5) is 18.9 Å². The Morgan fingerprint density at radius 2 is 1.84 bits per heavy atom. The lowest BCUT2D eigenvalue weighted by Gasteiger charge is -2.26. The van der Waals surface area contributed by atoms with Gasteiger partial charge in [-0.3, -0.25) is 4.79 Å². The van der Waals surface area contributed by atoms with E-state index in [-0.39, 0.29) is 22.6 Å². The number of hydrogen-bond acceptors (Lipinski definition) is 4. The minimum atomic E-state index is -3.74. The fourth-order valence-corrected chi connectivity index (χ4v) is 4.92. The lowest BCUT2D eigenvalue weighted by atomic mass is 9.86. The number of rotatable bonds is 8. The van der Waals surface area contributed by atoms with E-state index in [9.17, 15) is 18.7 Å². The number of aliphatic hydroxyl groups is 1. The van der Waals surface area contributed by atoms with E-state index in [1.165, 1.54) is 18.2 Å². The summed E-state index contributed by atoms with van der Waals surface area (Å²) in [6.45, 7) is 8.53. The van der Waals surface area contributed by atoms with Crippen LogP contribution in [-0.2, 0) is 22.2 Å². The van der Waals surface area contributed by atoms with Crippen molar-refractivity contribution in [1.29, 1.82) is 0 Å². The standard InChI is InChI=1S/C28H31F3N2O4/c1-5-18(34)15-33-21-14-19(29)20(11-16(21)12-24(33)26(3,4)6-2)32-25(35)27(9-10-27)17-7-8-22-23(13-17)37-28(30,31)36-22/h7-8,11-14,18,34H,5-6,9-10,15H2,1-4H3,(H,32,35)/t18-/m0/s1. The van der Waals surface area contributed by atoms with Crippen LogP contribution in [0.2, 0.25) is 0 Å². The first-order chi connectivity index (χ1) is 17.4. The number of amides is 1. The zero-order valence-electron chi connectivity index (χ0n) is 21.3. The molecule has 2 N–H and O–H groups in total. The Kier molecular flexibility index (Phi) is 5.97. The molecule has 2 aromatic carbocycles. The number of aromatic nitrogens is 1. The SMILES string of the molecule is CC[C@H](O)Cn1c(C(C)(C)CC)cc2cc(NC(=O)C3(c4ccc5c(c4)OC(F)(F)O5)CC3)c(F)cc21. The summed E-state index contributed by atoms with van der Waals surface area (Å²) in [5.74, 6) is -1.22. The molecule has 0 bridgehead atoms. The van der Waals surface area contributed by atoms with E-state index < -0.39 is 29.5 Å². The molecular formula is C28H31F3N2O4. The van der Waals surface area contributed by atoms with Crippen molar-refractivity contribution in [2.45, 2.75) is 83.2 Å². The van der Waals surface area contributed by atoms with Crippen LogP contribution in [0.3, 0.4) is 0 Å². The number of alkyl halides is 2. The summed E-state index contributed by atoms with van der Waals surface area (Å²) in [7, 11) is 0. The quantitative estimate of drug-likeness (QED) is 0.372. The molecule has 3 aromatic rings. The fraction of sp³-hybridized carbons (Fsp3) is 0.464. The average Bonchev–Trinajstić information content (AvgIpc) is 3.50. The third-order valence-electron chi connectivity index (χ3n) is 7.82. The van der Waals surface area contributed by atoms with Gasteiger partial charge in [-0.05, 0) is 55.5 Å². The molecule has 0 saturated heterocycles. The number of aliphatic hydroxyl groups excluding tert-OH is 1. The summed E-state index contributed by atoms with van der Waals surface area (Å²) in [5, 5.41) is 13.8. The average molecular weight is 517 g/mol. The molecule has 9 heteroatoms. The summed E-state index contributed by atoms with van der Waals surface area (Å²) < 4.78 is 53.2. The lowest BCUT2D eigenvalue weighted by Crippen LogP contribution is -2.28. The van der Waals surface area contributed by atoms with Gasteiger partial charge in [0.15, 0.2) is 11.5 Å². The van der Waals surface area contributed by atoms with E-state index >= 15 is 4.39 Å². The first-order valence-corrected chi connectivity index (χ1v) is 12.6. The molecule has 0 radical (unpaired) electrons. The number of nitrogens with zero attached hydrogens (tertiary/aromatic N) is 1. The van der Waals surface area contributed by atoms with Crippen LogP contribution in [-0.4, -0.2) is 28.0 Å². The number of benzene rings is 2. The lowest BCUT2D eigenvalue weighted by molar-refractivity contribution is -0.286. The highest BCUT2D eigenvalue weighted by molar-refractivity contribution is 6.02. The molecule has 0 spiro atoms. The van der Waals surface area contributed by atoms with Gasteiger partial charge in [0.2, 0.25) is 5.91 Å². The third-order valence-corrected chi connectivity index (χ3v) is 7.82. The van der Waals surface area contributed by atoms with Gasteiger partial charge in [-0.2, -0.15) is 0 Å². The second-order valence-corrected chi connectivity index (χ2v) is 10.7. The first kappa shape index (κ1) is 25.4. The smallest absolute Gasteiger partial charge is 0.395 e. The van der Waals surface area contributed by atoms with Crippen molar-refractivity contribution in [2.75, 3.05) is 5.32 Å². The van der Waals surface area contributed by atoms with Gasteiger partial charge in [-0.1, -0.05) is 33.8 Å². The van der Waals surface area contributed by atoms with Crippen LogP contribution in [0.25, 0.3) is 10.9 Å². The van der Waals surface area contributed by atoms with Gasteiger partial charge >= 0.3 is 6.29 Å². The predicted molar refractivity (Wildman–Crippen MR) is 134 cm³/mol. The summed E-state index contributed by atoms with van der Waals surface area (Å²) >= 11 is 0. The number of ether oxygens (including phenoxy) is 2. The molecule has 1 amide bonds.